The predicted octanol–water partition coefficient (Wildman–Crippen LogP) is 3.31. The molecule has 0 saturated carbocycles. The maximum absolute atomic E-state index is 13.2. The van der Waals surface area contributed by atoms with E-state index < -0.39 is 18.5 Å². The zero-order valence-electron chi connectivity index (χ0n) is 16.4. The summed E-state index contributed by atoms with van der Waals surface area (Å²) in [5, 5.41) is 6.27. The average molecular weight is 425 g/mol. The highest BCUT2D eigenvalue weighted by Gasteiger charge is 2.34. The first-order valence-electron chi connectivity index (χ1n) is 9.45. The van der Waals surface area contributed by atoms with Gasteiger partial charge in [0, 0.05) is 51.1 Å². The Balaban J connectivity index is 1.46. The van der Waals surface area contributed by atoms with E-state index in [0.717, 1.165) is 5.56 Å². The maximum Gasteiger partial charge on any atom is 0.401 e. The number of hydrogen-bond acceptors (Lipinski definition) is 4. The molecule has 1 fully saturated rings. The van der Waals surface area contributed by atoms with Crippen molar-refractivity contribution >= 4 is 5.96 Å². The monoisotopic (exact) mass is 425 g/mol. The van der Waals surface area contributed by atoms with Gasteiger partial charge in [-0.05, 0) is 24.1 Å². The van der Waals surface area contributed by atoms with Crippen LogP contribution in [0.3, 0.4) is 0 Å². The minimum atomic E-state index is -4.19. The number of nitrogens with one attached hydrogen (secondary N) is 2. The van der Waals surface area contributed by atoms with Gasteiger partial charge < -0.3 is 15.4 Å². The second kappa shape index (κ2) is 9.75. The van der Waals surface area contributed by atoms with Crippen LogP contribution in [0.5, 0.6) is 11.6 Å². The Morgan fingerprint density at radius 1 is 1.30 bits per heavy atom. The van der Waals surface area contributed by atoms with Crippen molar-refractivity contribution in [2.75, 3.05) is 26.7 Å². The summed E-state index contributed by atoms with van der Waals surface area (Å²) in [7, 11) is 1.60. The number of alkyl halides is 3. The Hall–Kier alpha value is -2.88. The number of guanidine groups is 1. The lowest BCUT2D eigenvalue weighted by Crippen LogP contribution is -2.44. The van der Waals surface area contributed by atoms with E-state index in [1.165, 1.54) is 17.0 Å². The summed E-state index contributed by atoms with van der Waals surface area (Å²) in [4.78, 5) is 9.70. The van der Waals surface area contributed by atoms with E-state index in [-0.39, 0.29) is 6.04 Å². The van der Waals surface area contributed by atoms with Gasteiger partial charge in [-0.1, -0.05) is 12.1 Å². The minimum absolute atomic E-state index is 0.0984. The van der Waals surface area contributed by atoms with Gasteiger partial charge in [0.2, 0.25) is 5.88 Å². The van der Waals surface area contributed by atoms with E-state index in [0.29, 0.717) is 43.6 Å². The van der Waals surface area contributed by atoms with Crippen LogP contribution in [0.2, 0.25) is 0 Å². The standard InChI is InChI=1S/C20H23F4N5O/c1-25-19(28-16-7-8-29(12-16)13-20(22,23)24)27-11-14-5-6-18(26-10-14)30-17-4-2-3-15(21)9-17/h2-6,9-10,16H,7-8,11-13H2,1H3,(H2,25,27,28). The van der Waals surface area contributed by atoms with Gasteiger partial charge in [-0.25, -0.2) is 9.37 Å². The lowest BCUT2D eigenvalue weighted by molar-refractivity contribution is -0.143. The first kappa shape index (κ1) is 21.8. The fourth-order valence-corrected chi connectivity index (χ4v) is 3.15. The SMILES string of the molecule is CN=C(NCc1ccc(Oc2cccc(F)c2)nc1)NC1CCN(CC(F)(F)F)C1. The van der Waals surface area contributed by atoms with E-state index in [1.54, 1.807) is 31.4 Å². The van der Waals surface area contributed by atoms with E-state index in [4.69, 9.17) is 4.74 Å². The molecule has 1 aliphatic rings. The Morgan fingerprint density at radius 2 is 2.13 bits per heavy atom. The smallest absolute Gasteiger partial charge is 0.401 e. The van der Waals surface area contributed by atoms with Crippen LogP contribution in [0.15, 0.2) is 47.6 Å². The molecule has 6 nitrogen and oxygen atoms in total. The van der Waals surface area contributed by atoms with Crippen LogP contribution in [-0.2, 0) is 6.54 Å². The third-order valence-electron chi connectivity index (χ3n) is 4.52. The molecule has 0 spiro atoms. The van der Waals surface area contributed by atoms with Crippen LogP contribution < -0.4 is 15.4 Å². The van der Waals surface area contributed by atoms with Crippen LogP contribution in [0.4, 0.5) is 17.6 Å². The number of likely N-dealkylation sites (tertiary alicyclic amines) is 1. The lowest BCUT2D eigenvalue weighted by atomic mass is 10.2. The number of nitrogens with zero attached hydrogens (tertiary/aromatic N) is 3. The molecule has 1 aromatic carbocycles. The number of rotatable bonds is 6. The molecular formula is C20H23F4N5O. The van der Waals surface area contributed by atoms with E-state index in [2.05, 4.69) is 20.6 Å². The minimum Gasteiger partial charge on any atom is -0.439 e. The van der Waals surface area contributed by atoms with Crippen molar-refractivity contribution in [3.63, 3.8) is 0 Å². The van der Waals surface area contributed by atoms with E-state index >= 15 is 0 Å². The van der Waals surface area contributed by atoms with Gasteiger partial charge in [0.25, 0.3) is 0 Å². The molecule has 0 aliphatic carbocycles. The molecule has 2 aromatic rings. The molecule has 1 saturated heterocycles. The molecule has 0 bridgehead atoms. The second-order valence-corrected chi connectivity index (χ2v) is 6.97. The third-order valence-corrected chi connectivity index (χ3v) is 4.52. The molecule has 2 N–H and O–H groups in total. The van der Waals surface area contributed by atoms with Crippen molar-refractivity contribution in [2.45, 2.75) is 25.2 Å². The molecule has 1 aliphatic heterocycles. The van der Waals surface area contributed by atoms with Gasteiger partial charge in [-0.15, -0.1) is 0 Å². The zero-order valence-corrected chi connectivity index (χ0v) is 16.4. The van der Waals surface area contributed by atoms with Crippen molar-refractivity contribution < 1.29 is 22.3 Å². The molecule has 0 radical (unpaired) electrons. The molecule has 10 heteroatoms. The first-order valence-corrected chi connectivity index (χ1v) is 9.45. The van der Waals surface area contributed by atoms with Gasteiger partial charge in [-0.3, -0.25) is 9.89 Å². The van der Waals surface area contributed by atoms with Crippen molar-refractivity contribution in [1.29, 1.82) is 0 Å². The highest BCUT2D eigenvalue weighted by atomic mass is 19.4. The van der Waals surface area contributed by atoms with Crippen LogP contribution in [0.1, 0.15) is 12.0 Å². The van der Waals surface area contributed by atoms with Gasteiger partial charge in [0.1, 0.15) is 11.6 Å². The Kier molecular flexibility index (Phi) is 7.09. The molecule has 1 atom stereocenters. The van der Waals surface area contributed by atoms with Crippen molar-refractivity contribution in [3.8, 4) is 11.6 Å². The summed E-state index contributed by atoms with van der Waals surface area (Å²) >= 11 is 0. The van der Waals surface area contributed by atoms with Crippen LogP contribution >= 0.6 is 0 Å². The topological polar surface area (TPSA) is 61.8 Å². The third kappa shape index (κ3) is 6.87. The Labute approximate surface area is 172 Å². The summed E-state index contributed by atoms with van der Waals surface area (Å²) in [5.41, 5.74) is 0.856. The number of aromatic nitrogens is 1. The molecule has 3 rings (SSSR count). The first-order chi connectivity index (χ1) is 14.3. The van der Waals surface area contributed by atoms with E-state index in [9.17, 15) is 17.6 Å². The van der Waals surface area contributed by atoms with Crippen LogP contribution in [-0.4, -0.2) is 54.7 Å². The number of ether oxygens (including phenoxy) is 1. The van der Waals surface area contributed by atoms with Crippen LogP contribution in [0, 0.1) is 5.82 Å². The highest BCUT2D eigenvalue weighted by molar-refractivity contribution is 5.80. The summed E-state index contributed by atoms with van der Waals surface area (Å²) in [5.74, 6) is 0.807. The molecule has 162 valence electrons. The predicted molar refractivity (Wildman–Crippen MR) is 105 cm³/mol. The number of benzene rings is 1. The molecule has 2 heterocycles. The molecule has 1 aromatic heterocycles. The van der Waals surface area contributed by atoms with Gasteiger partial charge in [0.05, 0.1) is 6.54 Å². The largest absolute Gasteiger partial charge is 0.439 e. The quantitative estimate of drug-likeness (QED) is 0.423. The number of pyridine rings is 1. The molecule has 1 unspecified atom stereocenters. The lowest BCUT2D eigenvalue weighted by Gasteiger charge is -2.19. The van der Waals surface area contributed by atoms with Crippen molar-refractivity contribution in [1.82, 2.24) is 20.5 Å². The Morgan fingerprint density at radius 3 is 2.80 bits per heavy atom. The fraction of sp³-hybridized carbons (Fsp3) is 0.400. The van der Waals surface area contributed by atoms with Gasteiger partial charge in [0.15, 0.2) is 5.96 Å². The van der Waals surface area contributed by atoms with Gasteiger partial charge >= 0.3 is 6.18 Å². The Bertz CT molecular complexity index is 857. The fourth-order valence-electron chi connectivity index (χ4n) is 3.15. The van der Waals surface area contributed by atoms with Crippen molar-refractivity contribution in [3.05, 3.63) is 54.0 Å². The second-order valence-electron chi connectivity index (χ2n) is 6.97. The van der Waals surface area contributed by atoms with Crippen LogP contribution in [0.25, 0.3) is 0 Å². The number of hydrogen-bond donors (Lipinski definition) is 2. The maximum atomic E-state index is 13.2. The zero-order chi connectivity index (χ0) is 21.6. The summed E-state index contributed by atoms with van der Waals surface area (Å²) < 4.78 is 56.2. The highest BCUT2D eigenvalue weighted by Crippen LogP contribution is 2.21. The number of aliphatic imine (C=N–C) groups is 1. The summed E-state index contributed by atoms with van der Waals surface area (Å²) in [6.07, 6.45) is -1.95. The normalized spacial score (nSPS) is 17.8. The average Bonchev–Trinajstić information content (AvgIpc) is 3.11. The summed E-state index contributed by atoms with van der Waals surface area (Å²) in [6.45, 7) is 0.234. The van der Waals surface area contributed by atoms with E-state index in [1.807, 2.05) is 6.07 Å². The number of halogens is 4. The van der Waals surface area contributed by atoms with Crippen molar-refractivity contribution in [2.24, 2.45) is 4.99 Å². The van der Waals surface area contributed by atoms with Gasteiger partial charge in [-0.2, -0.15) is 13.2 Å². The molecule has 0 amide bonds. The molecular weight excluding hydrogens is 402 g/mol. The summed E-state index contributed by atoms with van der Waals surface area (Å²) in [6, 6.07) is 9.16. The molecule has 30 heavy (non-hydrogen) atoms.